The van der Waals surface area contributed by atoms with Crippen LogP contribution in [0.3, 0.4) is 0 Å². The zero-order valence-electron chi connectivity index (χ0n) is 12.1. The lowest BCUT2D eigenvalue weighted by Crippen LogP contribution is -2.30. The van der Waals surface area contributed by atoms with Crippen LogP contribution in [-0.4, -0.2) is 45.3 Å². The number of aryl methyl sites for hydroxylation is 2. The molecule has 0 atom stereocenters. The van der Waals surface area contributed by atoms with Crippen molar-refractivity contribution >= 4 is 0 Å². The molecule has 3 heteroatoms. The maximum absolute atomic E-state index is 4.99. The van der Waals surface area contributed by atoms with Crippen LogP contribution in [0.15, 0.2) is 18.2 Å². The summed E-state index contributed by atoms with van der Waals surface area (Å²) in [5.74, 6) is 0. The number of benzene rings is 1. The highest BCUT2D eigenvalue weighted by Crippen LogP contribution is 2.10. The first-order chi connectivity index (χ1) is 8.61. The van der Waals surface area contributed by atoms with E-state index in [9.17, 15) is 0 Å². The average molecular weight is 250 g/mol. The Labute approximate surface area is 111 Å². The fourth-order valence-corrected chi connectivity index (χ4v) is 2.12. The minimum absolute atomic E-state index is 0.779. The van der Waals surface area contributed by atoms with E-state index in [1.54, 1.807) is 7.11 Å². The lowest BCUT2D eigenvalue weighted by atomic mass is 10.1. The van der Waals surface area contributed by atoms with Crippen LogP contribution in [-0.2, 0) is 11.3 Å². The molecule has 0 fully saturated rings. The zero-order chi connectivity index (χ0) is 13.4. The third-order valence-corrected chi connectivity index (χ3v) is 2.89. The molecule has 1 rings (SSSR count). The second kappa shape index (κ2) is 8.25. The Hall–Kier alpha value is -0.900. The van der Waals surface area contributed by atoms with E-state index < -0.39 is 0 Å². The van der Waals surface area contributed by atoms with Gasteiger partial charge in [-0.05, 0) is 26.5 Å². The molecule has 0 aliphatic carbocycles. The van der Waals surface area contributed by atoms with E-state index in [0.29, 0.717) is 0 Å². The second-order valence-corrected chi connectivity index (χ2v) is 4.98. The van der Waals surface area contributed by atoms with Gasteiger partial charge < -0.3 is 15.0 Å². The fourth-order valence-electron chi connectivity index (χ4n) is 2.12. The molecule has 0 bridgehead atoms. The van der Waals surface area contributed by atoms with Crippen molar-refractivity contribution < 1.29 is 4.74 Å². The molecule has 102 valence electrons. The quantitative estimate of drug-likeness (QED) is 0.714. The topological polar surface area (TPSA) is 24.5 Å². The smallest absolute Gasteiger partial charge is 0.0587 e. The Morgan fingerprint density at radius 3 is 2.39 bits per heavy atom. The molecule has 3 nitrogen and oxygen atoms in total. The highest BCUT2D eigenvalue weighted by atomic mass is 16.5. The maximum atomic E-state index is 4.99. The molecule has 0 aliphatic heterocycles. The number of nitrogens with zero attached hydrogens (tertiary/aromatic N) is 1. The van der Waals surface area contributed by atoms with Crippen molar-refractivity contribution in [1.29, 1.82) is 0 Å². The Balaban J connectivity index is 2.28. The van der Waals surface area contributed by atoms with E-state index >= 15 is 0 Å². The number of hydrogen-bond acceptors (Lipinski definition) is 3. The molecule has 0 aromatic heterocycles. The van der Waals surface area contributed by atoms with Gasteiger partial charge in [0.15, 0.2) is 0 Å². The molecule has 1 aromatic carbocycles. The summed E-state index contributed by atoms with van der Waals surface area (Å²) in [6.07, 6.45) is 0. The predicted octanol–water partition coefficient (Wildman–Crippen LogP) is 1.97. The number of methoxy groups -OCH3 is 1. The minimum Gasteiger partial charge on any atom is -0.383 e. The first kappa shape index (κ1) is 15.2. The fraction of sp³-hybridized carbons (Fsp3) is 0.600. The van der Waals surface area contributed by atoms with E-state index in [2.05, 4.69) is 49.3 Å². The molecular weight excluding hydrogens is 224 g/mol. The highest BCUT2D eigenvalue weighted by Gasteiger charge is 2.01. The molecule has 0 spiro atoms. The maximum Gasteiger partial charge on any atom is 0.0587 e. The van der Waals surface area contributed by atoms with E-state index in [-0.39, 0.29) is 0 Å². The first-order valence-electron chi connectivity index (χ1n) is 6.57. The molecule has 0 amide bonds. The van der Waals surface area contributed by atoms with Crippen LogP contribution in [0.5, 0.6) is 0 Å². The molecule has 0 aliphatic rings. The molecule has 18 heavy (non-hydrogen) atoms. The van der Waals surface area contributed by atoms with Crippen LogP contribution in [0, 0.1) is 13.8 Å². The highest BCUT2D eigenvalue weighted by molar-refractivity contribution is 5.28. The zero-order valence-corrected chi connectivity index (χ0v) is 12.1. The lowest BCUT2D eigenvalue weighted by molar-refractivity contribution is 0.197. The van der Waals surface area contributed by atoms with Gasteiger partial charge in [0.05, 0.1) is 6.61 Å². The summed E-state index contributed by atoms with van der Waals surface area (Å²) in [5, 5.41) is 3.36. The summed E-state index contributed by atoms with van der Waals surface area (Å²) in [6.45, 7) is 9.08. The van der Waals surface area contributed by atoms with Crippen LogP contribution in [0.1, 0.15) is 16.7 Å². The van der Waals surface area contributed by atoms with Crippen molar-refractivity contribution in [2.75, 3.05) is 40.4 Å². The first-order valence-corrected chi connectivity index (χ1v) is 6.57. The summed E-state index contributed by atoms with van der Waals surface area (Å²) < 4.78 is 4.99. The summed E-state index contributed by atoms with van der Waals surface area (Å²) in [6, 6.07) is 6.75. The average Bonchev–Trinajstić information content (AvgIpc) is 2.27. The SMILES string of the molecule is COCCNCCN(C)Cc1cc(C)cc(C)c1. The van der Waals surface area contributed by atoms with E-state index in [1.165, 1.54) is 16.7 Å². The van der Waals surface area contributed by atoms with Crippen molar-refractivity contribution in [3.8, 4) is 0 Å². The van der Waals surface area contributed by atoms with Crippen LogP contribution in [0.25, 0.3) is 0 Å². The minimum atomic E-state index is 0.779. The van der Waals surface area contributed by atoms with Gasteiger partial charge in [0.25, 0.3) is 0 Å². The Kier molecular flexibility index (Phi) is 6.94. The van der Waals surface area contributed by atoms with Crippen molar-refractivity contribution in [3.05, 3.63) is 34.9 Å². The molecule has 0 saturated carbocycles. The largest absolute Gasteiger partial charge is 0.383 e. The lowest BCUT2D eigenvalue weighted by Gasteiger charge is -2.17. The molecular formula is C15H26N2O. The van der Waals surface area contributed by atoms with Crippen molar-refractivity contribution in [3.63, 3.8) is 0 Å². The normalized spacial score (nSPS) is 11.2. The van der Waals surface area contributed by atoms with Gasteiger partial charge in [-0.1, -0.05) is 29.3 Å². The van der Waals surface area contributed by atoms with Crippen molar-refractivity contribution in [1.82, 2.24) is 10.2 Å². The summed E-state index contributed by atoms with van der Waals surface area (Å²) in [5.41, 5.74) is 4.08. The van der Waals surface area contributed by atoms with Crippen molar-refractivity contribution in [2.24, 2.45) is 0 Å². The number of ether oxygens (including phenoxy) is 1. The predicted molar refractivity (Wildman–Crippen MR) is 77.0 cm³/mol. The molecule has 1 N–H and O–H groups in total. The second-order valence-electron chi connectivity index (χ2n) is 4.98. The van der Waals surface area contributed by atoms with Crippen LogP contribution < -0.4 is 5.32 Å². The van der Waals surface area contributed by atoms with Gasteiger partial charge in [-0.3, -0.25) is 0 Å². The number of hydrogen-bond donors (Lipinski definition) is 1. The van der Waals surface area contributed by atoms with Crippen molar-refractivity contribution in [2.45, 2.75) is 20.4 Å². The summed E-state index contributed by atoms with van der Waals surface area (Å²) in [7, 11) is 3.89. The van der Waals surface area contributed by atoms with Gasteiger partial charge in [0, 0.05) is 33.3 Å². The van der Waals surface area contributed by atoms with Crippen LogP contribution >= 0.6 is 0 Å². The third kappa shape index (κ3) is 6.15. The Morgan fingerprint density at radius 1 is 1.11 bits per heavy atom. The van der Waals surface area contributed by atoms with Gasteiger partial charge in [0.2, 0.25) is 0 Å². The van der Waals surface area contributed by atoms with Gasteiger partial charge in [0.1, 0.15) is 0 Å². The molecule has 0 radical (unpaired) electrons. The summed E-state index contributed by atoms with van der Waals surface area (Å²) in [4.78, 5) is 2.34. The Bertz CT molecular complexity index is 332. The third-order valence-electron chi connectivity index (χ3n) is 2.89. The monoisotopic (exact) mass is 250 g/mol. The van der Waals surface area contributed by atoms with Gasteiger partial charge in [-0.15, -0.1) is 0 Å². The summed E-state index contributed by atoms with van der Waals surface area (Å²) >= 11 is 0. The van der Waals surface area contributed by atoms with E-state index in [1.807, 2.05) is 0 Å². The van der Waals surface area contributed by atoms with Crippen LogP contribution in [0.4, 0.5) is 0 Å². The number of nitrogens with one attached hydrogen (secondary N) is 1. The van der Waals surface area contributed by atoms with Crippen LogP contribution in [0.2, 0.25) is 0 Å². The molecule has 0 unspecified atom stereocenters. The number of likely N-dealkylation sites (N-methyl/N-ethyl adjacent to an activating group) is 1. The number of rotatable bonds is 8. The van der Waals surface area contributed by atoms with E-state index in [0.717, 1.165) is 32.8 Å². The van der Waals surface area contributed by atoms with Gasteiger partial charge >= 0.3 is 0 Å². The van der Waals surface area contributed by atoms with E-state index in [4.69, 9.17) is 4.74 Å². The van der Waals surface area contributed by atoms with Gasteiger partial charge in [-0.25, -0.2) is 0 Å². The Morgan fingerprint density at radius 2 is 1.78 bits per heavy atom. The molecule has 1 aromatic rings. The van der Waals surface area contributed by atoms with Gasteiger partial charge in [-0.2, -0.15) is 0 Å². The molecule has 0 heterocycles. The standard InChI is InChI=1S/C15H26N2O/c1-13-9-14(2)11-15(10-13)12-17(3)7-5-16-6-8-18-4/h9-11,16H,5-8,12H2,1-4H3. The molecule has 0 saturated heterocycles.